The Bertz CT molecular complexity index is 2220. The van der Waals surface area contributed by atoms with Gasteiger partial charge in [0.05, 0.1) is 11.4 Å². The highest BCUT2D eigenvalue weighted by Gasteiger charge is 2.30. The fourth-order valence-corrected chi connectivity index (χ4v) is 6.83. The van der Waals surface area contributed by atoms with Crippen LogP contribution in [0.25, 0.3) is 49.9 Å². The second-order valence-corrected chi connectivity index (χ2v) is 11.3. The van der Waals surface area contributed by atoms with E-state index in [-0.39, 0.29) is 0 Å². The van der Waals surface area contributed by atoms with Crippen molar-refractivity contribution in [2.24, 2.45) is 0 Å². The Kier molecular flexibility index (Phi) is 5.30. The van der Waals surface area contributed by atoms with Crippen LogP contribution in [-0.2, 0) is 6.42 Å². The van der Waals surface area contributed by atoms with E-state index in [4.69, 9.17) is 4.74 Å². The lowest BCUT2D eigenvalue weighted by Gasteiger charge is -2.35. The molecule has 2 aliphatic rings. The van der Waals surface area contributed by atoms with Crippen molar-refractivity contribution in [3.63, 3.8) is 0 Å². The number of allylic oxidation sites excluding steroid dienone is 1. The molecule has 0 radical (unpaired) electrons. The molecule has 0 N–H and O–H groups in total. The van der Waals surface area contributed by atoms with Crippen LogP contribution < -0.4 is 9.64 Å². The summed E-state index contributed by atoms with van der Waals surface area (Å²) in [5, 5.41) is 5.05. The van der Waals surface area contributed by atoms with E-state index in [0.29, 0.717) is 0 Å². The van der Waals surface area contributed by atoms with Gasteiger partial charge in [0.1, 0.15) is 0 Å². The first-order valence-electron chi connectivity index (χ1n) is 14.8. The van der Waals surface area contributed by atoms with E-state index in [0.717, 1.165) is 40.5 Å². The van der Waals surface area contributed by atoms with Crippen molar-refractivity contribution in [1.29, 1.82) is 0 Å². The fourth-order valence-electron chi connectivity index (χ4n) is 6.83. The predicted molar refractivity (Wildman–Crippen MR) is 180 cm³/mol. The molecule has 0 unspecified atom stereocenters. The minimum absolute atomic E-state index is 0.845. The monoisotopic (exact) mass is 549 g/mol. The molecule has 43 heavy (non-hydrogen) atoms. The maximum Gasteiger partial charge on any atom is 0.155 e. The minimum atomic E-state index is 0.845. The van der Waals surface area contributed by atoms with Gasteiger partial charge in [0, 0.05) is 11.3 Å². The molecular weight excluding hydrogens is 522 g/mol. The van der Waals surface area contributed by atoms with Crippen molar-refractivity contribution in [2.75, 3.05) is 4.90 Å². The Morgan fingerprint density at radius 2 is 1.33 bits per heavy atom. The molecule has 9 rings (SSSR count). The fraction of sp³-hybridized carbons (Fsp3) is 0.0244. The third kappa shape index (κ3) is 3.80. The highest BCUT2D eigenvalue weighted by atomic mass is 16.5. The molecule has 2 nitrogen and oxygen atoms in total. The largest absolute Gasteiger partial charge is 0.453 e. The van der Waals surface area contributed by atoms with E-state index >= 15 is 0 Å². The first-order valence-corrected chi connectivity index (χ1v) is 14.8. The first kappa shape index (κ1) is 24.0. The smallest absolute Gasteiger partial charge is 0.155 e. The second kappa shape index (κ2) is 9.47. The summed E-state index contributed by atoms with van der Waals surface area (Å²) in [6, 6.07) is 50.1. The lowest BCUT2D eigenvalue weighted by atomic mass is 9.90. The molecule has 0 spiro atoms. The van der Waals surface area contributed by atoms with Gasteiger partial charge in [0.2, 0.25) is 0 Å². The molecule has 0 aromatic heterocycles. The number of anilines is 3. The van der Waals surface area contributed by atoms with Crippen molar-refractivity contribution in [1.82, 2.24) is 0 Å². The van der Waals surface area contributed by atoms with Crippen molar-refractivity contribution < 1.29 is 4.74 Å². The van der Waals surface area contributed by atoms with Crippen LogP contribution in [0.4, 0.5) is 17.1 Å². The molecule has 1 aliphatic carbocycles. The number of hydrogen-bond acceptors (Lipinski definition) is 2. The van der Waals surface area contributed by atoms with Crippen LogP contribution in [0.3, 0.4) is 0 Å². The highest BCUT2D eigenvalue weighted by molar-refractivity contribution is 6.03. The number of benzene rings is 7. The van der Waals surface area contributed by atoms with Gasteiger partial charge in [0.15, 0.2) is 11.5 Å². The first-order chi connectivity index (χ1) is 21.3. The van der Waals surface area contributed by atoms with E-state index in [1.54, 1.807) is 0 Å². The van der Waals surface area contributed by atoms with Gasteiger partial charge in [-0.2, -0.15) is 0 Å². The van der Waals surface area contributed by atoms with E-state index < -0.39 is 0 Å². The molecule has 0 bridgehead atoms. The number of rotatable bonds is 3. The molecule has 1 aliphatic heterocycles. The lowest BCUT2D eigenvalue weighted by molar-refractivity contribution is 0.473. The summed E-state index contributed by atoms with van der Waals surface area (Å²) in [5.41, 5.74) is 10.5. The SMILES string of the molecule is C1=Cc2cccc3cc4c(c(c23)C1)Oc1cc(-c2ccccc2)ccc1N4c1ccc(-c2cccc3ccccc23)cc1. The van der Waals surface area contributed by atoms with Crippen molar-refractivity contribution in [2.45, 2.75) is 6.42 Å². The average Bonchev–Trinajstić information content (AvgIpc) is 3.08. The summed E-state index contributed by atoms with van der Waals surface area (Å²) < 4.78 is 6.88. The van der Waals surface area contributed by atoms with Gasteiger partial charge in [-0.3, -0.25) is 0 Å². The third-order valence-corrected chi connectivity index (χ3v) is 8.84. The molecule has 202 valence electrons. The molecule has 0 amide bonds. The van der Waals surface area contributed by atoms with Gasteiger partial charge in [-0.15, -0.1) is 0 Å². The number of fused-ring (bicyclic) bond motifs is 4. The molecule has 7 aromatic rings. The minimum Gasteiger partial charge on any atom is -0.453 e. The molecule has 0 saturated heterocycles. The molecular formula is C41H27NO. The number of ether oxygens (including phenoxy) is 1. The molecule has 0 fully saturated rings. The zero-order valence-corrected chi connectivity index (χ0v) is 23.5. The number of nitrogens with zero attached hydrogens (tertiary/aromatic N) is 1. The summed E-state index contributed by atoms with van der Waals surface area (Å²) >= 11 is 0. The van der Waals surface area contributed by atoms with E-state index in [2.05, 4.69) is 157 Å². The van der Waals surface area contributed by atoms with Gasteiger partial charge in [-0.05, 0) is 86.1 Å². The highest BCUT2D eigenvalue weighted by Crippen LogP contribution is 2.55. The van der Waals surface area contributed by atoms with Gasteiger partial charge in [0.25, 0.3) is 0 Å². The van der Waals surface area contributed by atoms with Crippen LogP contribution in [0.15, 0.2) is 146 Å². The van der Waals surface area contributed by atoms with Crippen LogP contribution in [0, 0.1) is 0 Å². The summed E-state index contributed by atoms with van der Waals surface area (Å²) in [5.74, 6) is 1.81. The summed E-state index contributed by atoms with van der Waals surface area (Å²) in [4.78, 5) is 2.37. The quantitative estimate of drug-likeness (QED) is 0.217. The third-order valence-electron chi connectivity index (χ3n) is 8.84. The van der Waals surface area contributed by atoms with E-state index in [1.165, 1.54) is 49.4 Å². The summed E-state index contributed by atoms with van der Waals surface area (Å²) in [6.07, 6.45) is 5.33. The lowest BCUT2D eigenvalue weighted by Crippen LogP contribution is -2.17. The Morgan fingerprint density at radius 3 is 2.23 bits per heavy atom. The van der Waals surface area contributed by atoms with Gasteiger partial charge in [-0.1, -0.05) is 121 Å². The maximum atomic E-state index is 6.88. The Labute approximate surface area is 250 Å². The van der Waals surface area contributed by atoms with E-state index in [9.17, 15) is 0 Å². The Morgan fingerprint density at radius 1 is 0.558 bits per heavy atom. The molecule has 0 saturated carbocycles. The normalized spacial score (nSPS) is 13.1. The second-order valence-electron chi connectivity index (χ2n) is 11.3. The maximum absolute atomic E-state index is 6.88. The van der Waals surface area contributed by atoms with Crippen molar-refractivity contribution >= 4 is 44.7 Å². The van der Waals surface area contributed by atoms with E-state index in [1.807, 2.05) is 0 Å². The van der Waals surface area contributed by atoms with Crippen LogP contribution in [0.5, 0.6) is 11.5 Å². The molecule has 1 heterocycles. The van der Waals surface area contributed by atoms with Crippen LogP contribution in [-0.4, -0.2) is 0 Å². The topological polar surface area (TPSA) is 12.5 Å². The van der Waals surface area contributed by atoms with Crippen molar-refractivity contribution in [3.8, 4) is 33.8 Å². The van der Waals surface area contributed by atoms with Gasteiger partial charge < -0.3 is 9.64 Å². The standard InChI is InChI=1S/C41H27NO/c1-2-9-27(10-3-1)31-21-24-37-39(26-31)43-41-36-18-8-14-30-13-6-15-32(40(30)36)25-38(41)42(37)33-22-19-29(20-23-33)35-17-7-12-28-11-4-5-16-34(28)35/h1-17,19-26H,18H2. The molecule has 2 heteroatoms. The average molecular weight is 550 g/mol. The zero-order valence-electron chi connectivity index (χ0n) is 23.5. The number of hydrogen-bond donors (Lipinski definition) is 0. The van der Waals surface area contributed by atoms with Crippen LogP contribution >= 0.6 is 0 Å². The predicted octanol–water partition coefficient (Wildman–Crippen LogP) is 11.5. The van der Waals surface area contributed by atoms with Gasteiger partial charge in [-0.25, -0.2) is 0 Å². The summed E-state index contributed by atoms with van der Waals surface area (Å²) in [7, 11) is 0. The summed E-state index contributed by atoms with van der Waals surface area (Å²) in [6.45, 7) is 0. The zero-order chi connectivity index (χ0) is 28.3. The Balaban J connectivity index is 1.24. The van der Waals surface area contributed by atoms with Gasteiger partial charge >= 0.3 is 0 Å². The molecule has 0 atom stereocenters. The van der Waals surface area contributed by atoms with Crippen LogP contribution in [0.1, 0.15) is 11.1 Å². The van der Waals surface area contributed by atoms with Crippen LogP contribution in [0.2, 0.25) is 0 Å². The molecule has 7 aromatic carbocycles. The Hall–Kier alpha value is -5.60. The van der Waals surface area contributed by atoms with Crippen molar-refractivity contribution in [3.05, 3.63) is 157 Å².